The van der Waals surface area contributed by atoms with Crippen LogP contribution < -0.4 is 5.32 Å². The lowest BCUT2D eigenvalue weighted by atomic mass is 10.2. The summed E-state index contributed by atoms with van der Waals surface area (Å²) in [6.45, 7) is 1.97. The minimum absolute atomic E-state index is 0.0109. The lowest BCUT2D eigenvalue weighted by Crippen LogP contribution is -2.10. The van der Waals surface area contributed by atoms with Gasteiger partial charge in [0.05, 0.1) is 0 Å². The van der Waals surface area contributed by atoms with Crippen molar-refractivity contribution in [1.82, 2.24) is 10.2 Å². The smallest absolute Gasteiger partial charge is 0.226 e. The zero-order valence-corrected chi connectivity index (χ0v) is 10.3. The Morgan fingerprint density at radius 1 is 1.29 bits per heavy atom. The van der Waals surface area contributed by atoms with Crippen LogP contribution in [0.25, 0.3) is 10.6 Å². The number of carbonyl (C=O) groups excluding carboxylic acids is 1. The molecule has 17 heavy (non-hydrogen) atoms. The van der Waals surface area contributed by atoms with Crippen LogP contribution in [0.2, 0.25) is 0 Å². The van der Waals surface area contributed by atoms with Crippen molar-refractivity contribution in [2.75, 3.05) is 5.32 Å². The van der Waals surface area contributed by atoms with Gasteiger partial charge in [-0.05, 0) is 6.42 Å². The fraction of sp³-hybridized carbons (Fsp3) is 0.250. The van der Waals surface area contributed by atoms with Gasteiger partial charge >= 0.3 is 0 Å². The van der Waals surface area contributed by atoms with Gasteiger partial charge in [0.25, 0.3) is 0 Å². The number of carbonyl (C=O) groups is 1. The third kappa shape index (κ3) is 3.10. The topological polar surface area (TPSA) is 54.9 Å². The fourth-order valence-corrected chi connectivity index (χ4v) is 2.15. The van der Waals surface area contributed by atoms with Gasteiger partial charge in [-0.1, -0.05) is 48.6 Å². The van der Waals surface area contributed by atoms with Crippen LogP contribution in [-0.2, 0) is 4.79 Å². The second-order valence-electron chi connectivity index (χ2n) is 3.58. The molecule has 88 valence electrons. The molecule has 0 spiro atoms. The maximum atomic E-state index is 11.4. The summed E-state index contributed by atoms with van der Waals surface area (Å²) in [4.78, 5) is 11.4. The molecule has 2 aromatic rings. The molecule has 0 atom stereocenters. The SMILES string of the molecule is CCCC(=O)Nc1nnc(-c2ccccc2)s1. The third-order valence-electron chi connectivity index (χ3n) is 2.17. The average molecular weight is 247 g/mol. The Morgan fingerprint density at radius 2 is 2.06 bits per heavy atom. The lowest BCUT2D eigenvalue weighted by Gasteiger charge is -1.97. The fourth-order valence-electron chi connectivity index (χ4n) is 1.38. The Kier molecular flexibility index (Phi) is 3.82. The minimum atomic E-state index is -0.0109. The summed E-state index contributed by atoms with van der Waals surface area (Å²) in [7, 11) is 0. The van der Waals surface area contributed by atoms with Crippen LogP contribution in [0.4, 0.5) is 5.13 Å². The van der Waals surface area contributed by atoms with E-state index in [9.17, 15) is 4.79 Å². The summed E-state index contributed by atoms with van der Waals surface area (Å²) in [5.74, 6) is -0.0109. The summed E-state index contributed by atoms with van der Waals surface area (Å²) in [5.41, 5.74) is 1.01. The first-order chi connectivity index (χ1) is 8.29. The number of nitrogens with zero attached hydrogens (tertiary/aromatic N) is 2. The number of hydrogen-bond donors (Lipinski definition) is 1. The van der Waals surface area contributed by atoms with E-state index >= 15 is 0 Å². The monoisotopic (exact) mass is 247 g/mol. The van der Waals surface area contributed by atoms with Crippen LogP contribution in [0.15, 0.2) is 30.3 Å². The summed E-state index contributed by atoms with van der Waals surface area (Å²) in [6, 6.07) is 9.79. The zero-order valence-electron chi connectivity index (χ0n) is 9.51. The Hall–Kier alpha value is -1.75. The molecule has 0 unspecified atom stereocenters. The highest BCUT2D eigenvalue weighted by molar-refractivity contribution is 7.18. The first kappa shape index (κ1) is 11.7. The normalized spacial score (nSPS) is 10.2. The predicted molar refractivity (Wildman–Crippen MR) is 68.9 cm³/mol. The molecule has 1 aromatic carbocycles. The van der Waals surface area contributed by atoms with E-state index in [0.29, 0.717) is 11.6 Å². The molecule has 0 radical (unpaired) electrons. The predicted octanol–water partition coefficient (Wildman–Crippen LogP) is 2.94. The van der Waals surface area contributed by atoms with Crippen LogP contribution in [0, 0.1) is 0 Å². The number of aromatic nitrogens is 2. The van der Waals surface area contributed by atoms with E-state index in [0.717, 1.165) is 17.0 Å². The molecular formula is C12H13N3OS. The summed E-state index contributed by atoms with van der Waals surface area (Å²) < 4.78 is 0. The first-order valence-corrected chi connectivity index (χ1v) is 6.30. The van der Waals surface area contributed by atoms with Crippen LogP contribution in [0.1, 0.15) is 19.8 Å². The van der Waals surface area contributed by atoms with Crippen molar-refractivity contribution >= 4 is 22.4 Å². The molecule has 0 aliphatic rings. The van der Waals surface area contributed by atoms with Crippen LogP contribution in [0.3, 0.4) is 0 Å². The maximum absolute atomic E-state index is 11.4. The minimum Gasteiger partial charge on any atom is -0.301 e. The average Bonchev–Trinajstić information content (AvgIpc) is 2.79. The van der Waals surface area contributed by atoms with Crippen molar-refractivity contribution in [1.29, 1.82) is 0 Å². The van der Waals surface area contributed by atoms with Crippen molar-refractivity contribution in [3.05, 3.63) is 30.3 Å². The molecular weight excluding hydrogens is 234 g/mol. The number of anilines is 1. The highest BCUT2D eigenvalue weighted by Crippen LogP contribution is 2.25. The van der Waals surface area contributed by atoms with Gasteiger partial charge in [0.15, 0.2) is 0 Å². The van der Waals surface area contributed by atoms with Crippen molar-refractivity contribution in [2.45, 2.75) is 19.8 Å². The zero-order chi connectivity index (χ0) is 12.1. The third-order valence-corrected chi connectivity index (χ3v) is 3.06. The highest BCUT2D eigenvalue weighted by atomic mass is 32.1. The van der Waals surface area contributed by atoms with Gasteiger partial charge in [-0.2, -0.15) is 0 Å². The van der Waals surface area contributed by atoms with Gasteiger partial charge in [-0.25, -0.2) is 0 Å². The molecule has 1 amide bonds. The molecule has 1 aromatic heterocycles. The molecule has 5 heteroatoms. The van der Waals surface area contributed by atoms with Crippen molar-refractivity contribution in [2.24, 2.45) is 0 Å². The van der Waals surface area contributed by atoms with Gasteiger partial charge in [0.1, 0.15) is 5.01 Å². The van der Waals surface area contributed by atoms with E-state index in [1.165, 1.54) is 11.3 Å². The molecule has 0 saturated carbocycles. The largest absolute Gasteiger partial charge is 0.301 e. The highest BCUT2D eigenvalue weighted by Gasteiger charge is 2.08. The first-order valence-electron chi connectivity index (χ1n) is 5.48. The molecule has 0 saturated heterocycles. The van der Waals surface area contributed by atoms with Crippen molar-refractivity contribution in [3.8, 4) is 10.6 Å². The van der Waals surface area contributed by atoms with E-state index < -0.39 is 0 Å². The van der Waals surface area contributed by atoms with Gasteiger partial charge < -0.3 is 5.32 Å². The summed E-state index contributed by atoms with van der Waals surface area (Å²) in [5, 5.41) is 12.1. The van der Waals surface area contributed by atoms with Crippen LogP contribution in [-0.4, -0.2) is 16.1 Å². The Labute approximate surface area is 104 Å². The number of hydrogen-bond acceptors (Lipinski definition) is 4. The summed E-state index contributed by atoms with van der Waals surface area (Å²) >= 11 is 1.39. The van der Waals surface area contributed by atoms with Crippen LogP contribution >= 0.6 is 11.3 Å². The van der Waals surface area contributed by atoms with Crippen LogP contribution in [0.5, 0.6) is 0 Å². The van der Waals surface area contributed by atoms with Gasteiger partial charge in [0.2, 0.25) is 11.0 Å². The molecule has 1 N–H and O–H groups in total. The second-order valence-corrected chi connectivity index (χ2v) is 4.55. The summed E-state index contributed by atoms with van der Waals surface area (Å²) in [6.07, 6.45) is 1.34. The van der Waals surface area contributed by atoms with Crippen molar-refractivity contribution in [3.63, 3.8) is 0 Å². The van der Waals surface area contributed by atoms with E-state index in [1.807, 2.05) is 37.3 Å². The molecule has 0 bridgehead atoms. The number of benzene rings is 1. The molecule has 0 aliphatic carbocycles. The van der Waals surface area contributed by atoms with Crippen molar-refractivity contribution < 1.29 is 4.79 Å². The van der Waals surface area contributed by atoms with E-state index in [2.05, 4.69) is 15.5 Å². The lowest BCUT2D eigenvalue weighted by molar-refractivity contribution is -0.116. The number of nitrogens with one attached hydrogen (secondary N) is 1. The Balaban J connectivity index is 2.09. The maximum Gasteiger partial charge on any atom is 0.226 e. The number of rotatable bonds is 4. The molecule has 4 nitrogen and oxygen atoms in total. The van der Waals surface area contributed by atoms with Gasteiger partial charge in [0, 0.05) is 12.0 Å². The van der Waals surface area contributed by atoms with E-state index in [4.69, 9.17) is 0 Å². The van der Waals surface area contributed by atoms with E-state index in [1.54, 1.807) is 0 Å². The molecule has 0 fully saturated rings. The second kappa shape index (κ2) is 5.54. The molecule has 0 aliphatic heterocycles. The van der Waals surface area contributed by atoms with Gasteiger partial charge in [-0.3, -0.25) is 4.79 Å². The molecule has 1 heterocycles. The van der Waals surface area contributed by atoms with E-state index in [-0.39, 0.29) is 5.91 Å². The number of amides is 1. The van der Waals surface area contributed by atoms with Gasteiger partial charge in [-0.15, -0.1) is 10.2 Å². The standard InChI is InChI=1S/C12H13N3OS/c1-2-6-10(16)13-12-15-14-11(17-12)9-7-4-3-5-8-9/h3-5,7-8H,2,6H2,1H3,(H,13,15,16). The Bertz CT molecular complexity index is 495. The molecule has 2 rings (SSSR count). The quantitative estimate of drug-likeness (QED) is 0.903. The Morgan fingerprint density at radius 3 is 2.76 bits per heavy atom.